The molecule has 0 aliphatic carbocycles. The highest BCUT2D eigenvalue weighted by Gasteiger charge is 2.39. The minimum atomic E-state index is -4.42. The largest absolute Gasteiger partial charge is 0.492 e. The zero-order chi connectivity index (χ0) is 23.4. The molecule has 0 amide bonds. The lowest BCUT2D eigenvalue weighted by atomic mass is 9.92. The number of aromatic nitrogens is 1. The summed E-state index contributed by atoms with van der Waals surface area (Å²) in [7, 11) is 0. The Labute approximate surface area is 188 Å². The van der Waals surface area contributed by atoms with Crippen LogP contribution in [0.3, 0.4) is 0 Å². The summed E-state index contributed by atoms with van der Waals surface area (Å²) in [5.41, 5.74) is 2.44. The molecule has 0 fully saturated rings. The SMILES string of the molecule is FCCCNCCOc1ccc(F)c(C2c3[nH]c4ccccc4c3CCN2CC(F)(F)F)c1. The van der Waals surface area contributed by atoms with Crippen LogP contribution < -0.4 is 10.1 Å². The van der Waals surface area contributed by atoms with Crippen LogP contribution in [0.25, 0.3) is 10.9 Å². The highest BCUT2D eigenvalue weighted by atomic mass is 19.4. The Kier molecular flexibility index (Phi) is 7.19. The fraction of sp³-hybridized carbons (Fsp3) is 0.417. The molecule has 9 heteroatoms. The Morgan fingerprint density at radius 1 is 1.12 bits per heavy atom. The number of nitrogens with zero attached hydrogens (tertiary/aromatic N) is 1. The average molecular weight is 467 g/mol. The Morgan fingerprint density at radius 3 is 2.73 bits per heavy atom. The van der Waals surface area contributed by atoms with E-state index in [2.05, 4.69) is 10.3 Å². The highest BCUT2D eigenvalue weighted by molar-refractivity contribution is 5.85. The lowest BCUT2D eigenvalue weighted by Crippen LogP contribution is -2.42. The van der Waals surface area contributed by atoms with Gasteiger partial charge in [0.25, 0.3) is 0 Å². The van der Waals surface area contributed by atoms with E-state index in [1.54, 1.807) is 0 Å². The van der Waals surface area contributed by atoms with Crippen molar-refractivity contribution < 1.29 is 26.7 Å². The topological polar surface area (TPSA) is 40.3 Å². The third-order valence-electron chi connectivity index (χ3n) is 5.81. The molecule has 4 rings (SSSR count). The van der Waals surface area contributed by atoms with E-state index >= 15 is 4.39 Å². The quantitative estimate of drug-likeness (QED) is 0.338. The minimum Gasteiger partial charge on any atom is -0.492 e. The van der Waals surface area contributed by atoms with Gasteiger partial charge < -0.3 is 15.0 Å². The molecule has 2 aromatic carbocycles. The van der Waals surface area contributed by atoms with Gasteiger partial charge in [0.15, 0.2) is 0 Å². The average Bonchev–Trinajstić information content (AvgIpc) is 3.15. The van der Waals surface area contributed by atoms with Crippen molar-refractivity contribution in [3.63, 3.8) is 0 Å². The van der Waals surface area contributed by atoms with E-state index in [4.69, 9.17) is 4.74 Å². The lowest BCUT2D eigenvalue weighted by Gasteiger charge is -2.36. The van der Waals surface area contributed by atoms with Gasteiger partial charge in [0, 0.05) is 35.2 Å². The molecular formula is C24H26F5N3O. The lowest BCUT2D eigenvalue weighted by molar-refractivity contribution is -0.150. The third kappa shape index (κ3) is 5.47. The molecule has 1 atom stereocenters. The first-order valence-corrected chi connectivity index (χ1v) is 11.0. The van der Waals surface area contributed by atoms with E-state index in [0.717, 1.165) is 16.5 Å². The highest BCUT2D eigenvalue weighted by Crippen LogP contribution is 2.41. The van der Waals surface area contributed by atoms with E-state index < -0.39 is 31.3 Å². The van der Waals surface area contributed by atoms with E-state index in [-0.39, 0.29) is 18.7 Å². The molecule has 1 aliphatic rings. The van der Waals surface area contributed by atoms with Crippen molar-refractivity contribution in [2.75, 3.05) is 39.5 Å². The molecular weight excluding hydrogens is 441 g/mol. The second-order valence-electron chi connectivity index (χ2n) is 8.13. The molecule has 1 aliphatic heterocycles. The van der Waals surface area contributed by atoms with Crippen LogP contribution >= 0.6 is 0 Å². The number of hydrogen-bond donors (Lipinski definition) is 2. The van der Waals surface area contributed by atoms with Gasteiger partial charge >= 0.3 is 6.18 Å². The number of aromatic amines is 1. The van der Waals surface area contributed by atoms with Gasteiger partial charge in [-0.25, -0.2) is 4.39 Å². The molecule has 0 saturated carbocycles. The van der Waals surface area contributed by atoms with Gasteiger partial charge in [-0.15, -0.1) is 0 Å². The van der Waals surface area contributed by atoms with Gasteiger partial charge in [-0.2, -0.15) is 13.2 Å². The summed E-state index contributed by atoms with van der Waals surface area (Å²) in [6.45, 7) is -0.126. The van der Waals surface area contributed by atoms with Gasteiger partial charge in [0.2, 0.25) is 0 Å². The predicted octanol–water partition coefficient (Wildman–Crippen LogP) is 5.14. The van der Waals surface area contributed by atoms with Crippen LogP contribution in [0.15, 0.2) is 42.5 Å². The van der Waals surface area contributed by atoms with Crippen molar-refractivity contribution in [3.8, 4) is 5.75 Å². The Balaban J connectivity index is 1.65. The number of rotatable bonds is 9. The standard InChI is InChI=1S/C24H26F5N3O/c25-9-3-10-30-11-13-33-16-6-7-20(26)19(14-16)23-22-18(8-12-32(23)15-24(27,28)29)17-4-1-2-5-21(17)31-22/h1-2,4-7,14,23,30-31H,3,8-13,15H2. The van der Waals surface area contributed by atoms with Crippen molar-refractivity contribution in [1.29, 1.82) is 0 Å². The monoisotopic (exact) mass is 467 g/mol. The first kappa shape index (κ1) is 23.5. The zero-order valence-electron chi connectivity index (χ0n) is 18.0. The molecule has 0 saturated heterocycles. The molecule has 0 bridgehead atoms. The first-order valence-electron chi connectivity index (χ1n) is 11.0. The smallest absolute Gasteiger partial charge is 0.401 e. The van der Waals surface area contributed by atoms with Crippen LogP contribution in [-0.2, 0) is 6.42 Å². The van der Waals surface area contributed by atoms with Crippen molar-refractivity contribution in [2.45, 2.75) is 25.1 Å². The van der Waals surface area contributed by atoms with E-state index in [0.29, 0.717) is 37.4 Å². The number of hydrogen-bond acceptors (Lipinski definition) is 3. The minimum absolute atomic E-state index is 0.134. The molecule has 1 aromatic heterocycles. The molecule has 1 unspecified atom stereocenters. The van der Waals surface area contributed by atoms with Crippen molar-refractivity contribution >= 4 is 10.9 Å². The summed E-state index contributed by atoms with van der Waals surface area (Å²) in [5.74, 6) is -0.221. The van der Waals surface area contributed by atoms with Crippen LogP contribution in [0.2, 0.25) is 0 Å². The van der Waals surface area contributed by atoms with Crippen molar-refractivity contribution in [3.05, 3.63) is 65.1 Å². The Bertz CT molecular complexity index is 1080. The number of benzene rings is 2. The maximum absolute atomic E-state index is 15.0. The van der Waals surface area contributed by atoms with Crippen molar-refractivity contribution in [2.24, 2.45) is 0 Å². The second kappa shape index (κ2) is 10.1. The van der Waals surface area contributed by atoms with Crippen LogP contribution in [-0.4, -0.2) is 55.5 Å². The number of H-pyrrole nitrogens is 1. The van der Waals surface area contributed by atoms with Crippen molar-refractivity contribution in [1.82, 2.24) is 15.2 Å². The maximum Gasteiger partial charge on any atom is 0.401 e. The van der Waals surface area contributed by atoms with Gasteiger partial charge in [-0.3, -0.25) is 9.29 Å². The number of halogens is 5. The molecule has 2 N–H and O–H groups in total. The summed E-state index contributed by atoms with van der Waals surface area (Å²) in [6, 6.07) is 10.8. The first-order chi connectivity index (χ1) is 15.9. The molecule has 4 nitrogen and oxygen atoms in total. The van der Waals surface area contributed by atoms with Gasteiger partial charge in [-0.1, -0.05) is 18.2 Å². The summed E-state index contributed by atoms with van der Waals surface area (Å²) in [6.07, 6.45) is -3.57. The Morgan fingerprint density at radius 2 is 1.94 bits per heavy atom. The second-order valence-corrected chi connectivity index (χ2v) is 8.13. The molecule has 2 heterocycles. The van der Waals surface area contributed by atoms with Gasteiger partial charge in [-0.05, 0) is 49.2 Å². The summed E-state index contributed by atoms with van der Waals surface area (Å²) in [4.78, 5) is 4.50. The van der Waals surface area contributed by atoms with Gasteiger partial charge in [0.1, 0.15) is 18.2 Å². The fourth-order valence-electron chi connectivity index (χ4n) is 4.42. The zero-order valence-corrected chi connectivity index (χ0v) is 18.0. The number of fused-ring (bicyclic) bond motifs is 3. The summed E-state index contributed by atoms with van der Waals surface area (Å²) < 4.78 is 73.0. The van der Waals surface area contributed by atoms with Gasteiger partial charge in [0.05, 0.1) is 19.3 Å². The Hall–Kier alpha value is -2.65. The molecule has 0 radical (unpaired) electrons. The summed E-state index contributed by atoms with van der Waals surface area (Å²) in [5, 5.41) is 3.97. The van der Waals surface area contributed by atoms with E-state index in [9.17, 15) is 17.6 Å². The number of ether oxygens (including phenoxy) is 1. The number of alkyl halides is 4. The van der Waals surface area contributed by atoms with Crippen LogP contribution in [0.4, 0.5) is 22.0 Å². The molecule has 3 aromatic rings. The van der Waals surface area contributed by atoms with E-state index in [1.807, 2.05) is 24.3 Å². The molecule has 0 spiro atoms. The number of nitrogens with one attached hydrogen (secondary N) is 2. The van der Waals surface area contributed by atoms with Crippen LogP contribution in [0, 0.1) is 5.82 Å². The predicted molar refractivity (Wildman–Crippen MR) is 117 cm³/mol. The normalized spacial score (nSPS) is 16.8. The van der Waals surface area contributed by atoms with E-state index in [1.165, 1.54) is 23.1 Å². The van der Waals surface area contributed by atoms with Crippen LogP contribution in [0.5, 0.6) is 5.75 Å². The molecule has 33 heavy (non-hydrogen) atoms. The number of para-hydroxylation sites is 1. The van der Waals surface area contributed by atoms with Crippen LogP contribution in [0.1, 0.15) is 29.3 Å². The maximum atomic E-state index is 15.0. The molecule has 178 valence electrons. The third-order valence-corrected chi connectivity index (χ3v) is 5.81. The fourth-order valence-corrected chi connectivity index (χ4v) is 4.42. The summed E-state index contributed by atoms with van der Waals surface area (Å²) >= 11 is 0.